The molecule has 0 aliphatic rings. The number of hydrogen-bond donors (Lipinski definition) is 0. The summed E-state index contributed by atoms with van der Waals surface area (Å²) in [7, 11) is -10.0. The van der Waals surface area contributed by atoms with Gasteiger partial charge in [-0.25, -0.2) is 36.0 Å². The summed E-state index contributed by atoms with van der Waals surface area (Å²) in [6, 6.07) is 7.25. The summed E-state index contributed by atoms with van der Waals surface area (Å²) >= 11 is 0. The summed E-state index contributed by atoms with van der Waals surface area (Å²) in [6.45, 7) is 8.81. The maximum Gasteiger partial charge on any atom is 2.00 e. The van der Waals surface area contributed by atoms with Crippen molar-refractivity contribution in [1.29, 1.82) is 0 Å². The second-order valence-electron chi connectivity index (χ2n) is 28.6. The van der Waals surface area contributed by atoms with E-state index in [1.807, 2.05) is 0 Å². The van der Waals surface area contributed by atoms with Crippen molar-refractivity contribution in [3.05, 3.63) is 107 Å². The number of benzene rings is 2. The van der Waals surface area contributed by atoms with Gasteiger partial charge in [0, 0.05) is 0 Å². The predicted molar refractivity (Wildman–Crippen MR) is 434 cm³/mol. The monoisotopic (exact) mass is 1530 g/mol. The predicted octanol–water partition coefficient (Wildman–Crippen LogP) is 25.6. The summed E-state index contributed by atoms with van der Waals surface area (Å²) in [5.74, 6) is -3.62. The van der Waals surface area contributed by atoms with Crippen LogP contribution in [0.5, 0.6) is 0 Å². The molecule has 0 aliphatic carbocycles. The van der Waals surface area contributed by atoms with Gasteiger partial charge >= 0.3 is 61.6 Å². The van der Waals surface area contributed by atoms with E-state index < -0.39 is 65.0 Å². The molecule has 0 saturated heterocycles. The van der Waals surface area contributed by atoms with Crippen LogP contribution in [-0.4, -0.2) is 114 Å². The van der Waals surface area contributed by atoms with E-state index in [1.54, 1.807) is 0 Å². The zero-order chi connectivity index (χ0) is 75.9. The van der Waals surface area contributed by atoms with Crippen LogP contribution < -0.4 is 0 Å². The molecule has 17 heteroatoms. The Bertz CT molecular complexity index is 2610. The first-order valence-corrected chi connectivity index (χ1v) is 44.8. The molecule has 0 aliphatic heterocycles. The van der Waals surface area contributed by atoms with Gasteiger partial charge in [-0.1, -0.05) is 343 Å². The van der Waals surface area contributed by atoms with Crippen LogP contribution in [-0.2, 0) is 39.2 Å². The Morgan fingerprint density at radius 2 is 0.429 bits per heavy atom. The Morgan fingerprint density at radius 3 is 0.600 bits per heavy atom. The van der Waals surface area contributed by atoms with E-state index in [1.165, 1.54) is 281 Å². The fraction of sp³-hybridized carbons (Fsp3) is 0.727. The minimum atomic E-state index is -5.01. The van der Waals surface area contributed by atoms with Crippen molar-refractivity contribution in [3.63, 3.8) is 0 Å². The maximum atomic E-state index is 13.0. The molecule has 0 N–H and O–H groups in total. The van der Waals surface area contributed by atoms with Crippen molar-refractivity contribution in [1.82, 2.24) is 0 Å². The van der Waals surface area contributed by atoms with Crippen LogP contribution in [0.4, 0.5) is 0 Å². The number of carbonyl (C=O) groups excluding carboxylic acids is 4. The molecule has 0 amide bonds. The van der Waals surface area contributed by atoms with E-state index in [0.29, 0.717) is 25.7 Å². The molecule has 0 bridgehead atoms. The number of ether oxygens (including phenoxy) is 4. The molecule has 0 saturated carbocycles. The maximum absolute atomic E-state index is 13.0. The van der Waals surface area contributed by atoms with Crippen LogP contribution in [0.25, 0.3) is 0 Å². The third-order valence-electron chi connectivity index (χ3n) is 19.4. The van der Waals surface area contributed by atoms with Gasteiger partial charge in [-0.2, -0.15) is 0 Å². The molecule has 105 heavy (non-hydrogen) atoms. The summed E-state index contributed by atoms with van der Waals surface area (Å²) < 4.78 is 93.3. The molecule has 0 fully saturated rings. The molecule has 0 aromatic heterocycles. The standard InChI is InChI=1S/2C44H74O7S.Ca/c2*1-3-5-7-9-11-13-15-17-19-21-23-25-27-29-31-33-38-50-43(45)40-36-35-37-41(52(47,48)49)42(40)44(46)51-39-34-32-30-28-26-24-22-20-18-16-14-12-10-8-6-4-2;/h2*3-6,35-37H,7-34,38-39H2,1-2H3,(H,47,48,49);/q;;+2/p-2/b2*5-3+,6-4+;. The third kappa shape index (κ3) is 58.9. The second kappa shape index (κ2) is 73.2. The van der Waals surface area contributed by atoms with Crippen LogP contribution in [0, 0.1) is 0 Å². The van der Waals surface area contributed by atoms with Gasteiger partial charge in [0.05, 0.1) is 58.5 Å². The zero-order valence-electron chi connectivity index (χ0n) is 66.7. The van der Waals surface area contributed by atoms with Gasteiger partial charge in [-0.05, 0) is 129 Å². The fourth-order valence-electron chi connectivity index (χ4n) is 13.1. The minimum absolute atomic E-state index is 0. The van der Waals surface area contributed by atoms with Gasteiger partial charge < -0.3 is 28.1 Å². The Hall–Kier alpha value is -3.64. The van der Waals surface area contributed by atoms with Crippen LogP contribution >= 0.6 is 0 Å². The molecule has 0 atom stereocenters. The normalized spacial score (nSPS) is 11.8. The largest absolute Gasteiger partial charge is 2.00 e. The SMILES string of the molecule is C/C=C/CCCCCCCCCCCCCCCOC(=O)c1cccc(S(=O)(=O)[O-])c1C(=O)OCCCCCCCCCCCCCCC/C=C/C.C/C=C/CCCCCCCCCCCCCCCOC(=O)c1cccc(S(=O)(=O)[O-])c1C(=O)OCCCCCCCCCCCCCCC/C=C/C.[Ca+2]. The molecule has 596 valence electrons. The van der Waals surface area contributed by atoms with Crippen LogP contribution in [0.15, 0.2) is 94.8 Å². The summed E-state index contributed by atoms with van der Waals surface area (Å²) in [4.78, 5) is 50.3. The van der Waals surface area contributed by atoms with Crippen molar-refractivity contribution >= 4 is 81.9 Å². The Labute approximate surface area is 671 Å². The molecule has 0 heterocycles. The van der Waals surface area contributed by atoms with E-state index in [0.717, 1.165) is 89.2 Å². The number of hydrogen-bond acceptors (Lipinski definition) is 14. The molecule has 14 nitrogen and oxygen atoms in total. The van der Waals surface area contributed by atoms with Crippen LogP contribution in [0.3, 0.4) is 0 Å². The van der Waals surface area contributed by atoms with Gasteiger partial charge in [-0.3, -0.25) is 0 Å². The fourth-order valence-corrected chi connectivity index (χ4v) is 14.5. The number of carbonyl (C=O) groups is 4. The molecule has 0 spiro atoms. The van der Waals surface area contributed by atoms with Gasteiger partial charge in [0.25, 0.3) is 0 Å². The van der Waals surface area contributed by atoms with E-state index in [-0.39, 0.29) is 75.3 Å². The molecular weight excluding hydrogens is 1390 g/mol. The Balaban J connectivity index is 0.00000204. The van der Waals surface area contributed by atoms with Crippen LogP contribution in [0.1, 0.15) is 429 Å². The first-order valence-electron chi connectivity index (χ1n) is 42.0. The third-order valence-corrected chi connectivity index (χ3v) is 21.1. The molecular formula is C88H146CaO14S2. The second-order valence-corrected chi connectivity index (χ2v) is 31.3. The quantitative estimate of drug-likeness (QED) is 0.0150. The van der Waals surface area contributed by atoms with Crippen LogP contribution in [0.2, 0.25) is 0 Å². The Morgan fingerprint density at radius 1 is 0.267 bits per heavy atom. The molecule has 0 radical (unpaired) electrons. The number of esters is 4. The van der Waals surface area contributed by atoms with Crippen molar-refractivity contribution in [3.8, 4) is 0 Å². The number of rotatable bonds is 70. The van der Waals surface area contributed by atoms with E-state index >= 15 is 0 Å². The number of unbranched alkanes of at least 4 members (excludes halogenated alkanes) is 52. The molecule has 2 rings (SSSR count). The molecule has 2 aromatic carbocycles. The summed E-state index contributed by atoms with van der Waals surface area (Å²) in [5, 5.41) is 0. The average molecular weight is 1530 g/mol. The van der Waals surface area contributed by atoms with Crippen molar-refractivity contribution < 1.29 is 64.1 Å². The smallest absolute Gasteiger partial charge is 0.744 e. The Kier molecular flexibility index (Phi) is 70.6. The average Bonchev–Trinajstić information content (AvgIpc) is 0.799. The van der Waals surface area contributed by atoms with Crippen molar-refractivity contribution in [2.45, 2.75) is 397 Å². The zero-order valence-corrected chi connectivity index (χ0v) is 70.6. The van der Waals surface area contributed by atoms with Crippen molar-refractivity contribution in [2.24, 2.45) is 0 Å². The first-order chi connectivity index (χ1) is 50.6. The minimum Gasteiger partial charge on any atom is -0.744 e. The molecule has 0 unspecified atom stereocenters. The van der Waals surface area contributed by atoms with E-state index in [4.69, 9.17) is 18.9 Å². The topological polar surface area (TPSA) is 220 Å². The van der Waals surface area contributed by atoms with Gasteiger partial charge in [0.1, 0.15) is 20.2 Å². The van der Waals surface area contributed by atoms with E-state index in [9.17, 15) is 45.1 Å². The summed E-state index contributed by atoms with van der Waals surface area (Å²) in [6.07, 6.45) is 84.0. The number of allylic oxidation sites excluding steroid dienone is 8. The first kappa shape index (κ1) is 101. The van der Waals surface area contributed by atoms with Gasteiger partial charge in [0.2, 0.25) is 0 Å². The molecule has 2 aromatic rings. The van der Waals surface area contributed by atoms with Gasteiger partial charge in [-0.15, -0.1) is 0 Å². The summed E-state index contributed by atoms with van der Waals surface area (Å²) in [5.41, 5.74) is -1.55. The van der Waals surface area contributed by atoms with Gasteiger partial charge in [0.15, 0.2) is 0 Å². The van der Waals surface area contributed by atoms with Crippen molar-refractivity contribution in [2.75, 3.05) is 26.4 Å². The van der Waals surface area contributed by atoms with E-state index in [2.05, 4.69) is 76.3 Å².